The molecule has 1 amide bonds. The zero-order valence-corrected chi connectivity index (χ0v) is 10.3. The monoisotopic (exact) mass is 257 g/mol. The minimum atomic E-state index is -1.05. The van der Waals surface area contributed by atoms with Crippen LogP contribution in [0.3, 0.4) is 0 Å². The minimum absolute atomic E-state index is 0.106. The van der Waals surface area contributed by atoms with Crippen molar-refractivity contribution in [2.24, 2.45) is 5.92 Å². The summed E-state index contributed by atoms with van der Waals surface area (Å²) in [5.41, 5.74) is 0. The predicted molar refractivity (Wildman–Crippen MR) is 62.1 cm³/mol. The first-order valence-electron chi connectivity index (χ1n) is 6.33. The molecule has 0 bridgehead atoms. The van der Waals surface area contributed by atoms with Gasteiger partial charge in [0.15, 0.2) is 0 Å². The number of carbonyl (C=O) groups excluding carboxylic acids is 1. The van der Waals surface area contributed by atoms with E-state index in [1.807, 2.05) is 4.90 Å². The molecule has 6 heteroatoms. The van der Waals surface area contributed by atoms with Crippen LogP contribution in [0.5, 0.6) is 0 Å². The summed E-state index contributed by atoms with van der Waals surface area (Å²) >= 11 is 0. The van der Waals surface area contributed by atoms with Gasteiger partial charge in [-0.2, -0.15) is 0 Å². The molecule has 1 saturated heterocycles. The maximum atomic E-state index is 12.0. The Morgan fingerprint density at radius 2 is 2.06 bits per heavy atom. The summed E-state index contributed by atoms with van der Waals surface area (Å²) < 4.78 is 10.2. The number of nitrogens with zero attached hydrogens (tertiary/aromatic N) is 1. The molecule has 2 fully saturated rings. The third-order valence-corrected chi connectivity index (χ3v) is 3.24. The zero-order valence-electron chi connectivity index (χ0n) is 10.3. The number of amides is 1. The van der Waals surface area contributed by atoms with Gasteiger partial charge in [0.1, 0.15) is 13.2 Å². The quantitative estimate of drug-likeness (QED) is 0.701. The second-order valence-corrected chi connectivity index (χ2v) is 4.89. The van der Waals surface area contributed by atoms with Crippen molar-refractivity contribution in [2.45, 2.75) is 25.3 Å². The minimum Gasteiger partial charge on any atom is -0.480 e. The van der Waals surface area contributed by atoms with Crippen LogP contribution in [-0.4, -0.2) is 60.9 Å². The Bertz CT molecular complexity index is 310. The second-order valence-electron chi connectivity index (χ2n) is 4.89. The number of rotatable bonds is 7. The maximum absolute atomic E-state index is 12.0. The summed E-state index contributed by atoms with van der Waals surface area (Å²) in [6.07, 6.45) is 3.07. The van der Waals surface area contributed by atoms with Crippen LogP contribution in [0, 0.1) is 5.92 Å². The molecule has 1 atom stereocenters. The molecule has 102 valence electrons. The largest absolute Gasteiger partial charge is 0.480 e. The number of hydrogen-bond donors (Lipinski definition) is 1. The van der Waals surface area contributed by atoms with Crippen LogP contribution in [0.25, 0.3) is 0 Å². The molecule has 0 aromatic heterocycles. The number of hydrogen-bond acceptors (Lipinski definition) is 4. The highest BCUT2D eigenvalue weighted by Crippen LogP contribution is 2.29. The summed E-state index contributed by atoms with van der Waals surface area (Å²) in [6, 6.07) is 0.325. The van der Waals surface area contributed by atoms with Gasteiger partial charge in [-0.15, -0.1) is 0 Å². The molecule has 1 unspecified atom stereocenters. The van der Waals surface area contributed by atoms with Gasteiger partial charge in [0.05, 0.1) is 6.61 Å². The summed E-state index contributed by atoms with van der Waals surface area (Å²) in [5.74, 6) is -0.746. The highest BCUT2D eigenvalue weighted by Gasteiger charge is 2.34. The van der Waals surface area contributed by atoms with Crippen molar-refractivity contribution in [2.75, 3.05) is 33.0 Å². The molecular formula is C12H19NO5. The molecule has 0 aromatic rings. The molecule has 0 spiro atoms. The lowest BCUT2D eigenvalue weighted by Gasteiger charge is -2.25. The first-order valence-corrected chi connectivity index (χ1v) is 6.33. The fourth-order valence-corrected chi connectivity index (χ4v) is 2.15. The number of aliphatic carboxylic acids is 1. The molecule has 18 heavy (non-hydrogen) atoms. The highest BCUT2D eigenvalue weighted by atomic mass is 16.5. The van der Waals surface area contributed by atoms with Crippen molar-refractivity contribution >= 4 is 11.9 Å². The van der Waals surface area contributed by atoms with E-state index in [1.54, 1.807) is 0 Å². The van der Waals surface area contributed by atoms with Gasteiger partial charge in [0.25, 0.3) is 0 Å². The number of carboxylic acid groups (broad SMARTS) is 1. The molecule has 1 aliphatic carbocycles. The van der Waals surface area contributed by atoms with Crippen molar-refractivity contribution in [3.8, 4) is 0 Å². The molecular weight excluding hydrogens is 238 g/mol. The summed E-state index contributed by atoms with van der Waals surface area (Å²) in [7, 11) is 0. The Morgan fingerprint density at radius 3 is 2.61 bits per heavy atom. The van der Waals surface area contributed by atoms with E-state index in [9.17, 15) is 9.59 Å². The molecule has 0 aromatic carbocycles. The van der Waals surface area contributed by atoms with Crippen LogP contribution in [-0.2, 0) is 19.1 Å². The number of carboxylic acids is 1. The van der Waals surface area contributed by atoms with E-state index >= 15 is 0 Å². The average Bonchev–Trinajstić information content (AvgIpc) is 3.02. The van der Waals surface area contributed by atoms with Crippen LogP contribution in [0.2, 0.25) is 0 Å². The van der Waals surface area contributed by atoms with E-state index < -0.39 is 12.6 Å². The third-order valence-electron chi connectivity index (χ3n) is 3.24. The fraction of sp³-hybridized carbons (Fsp3) is 0.833. The molecule has 2 aliphatic rings. The third kappa shape index (κ3) is 3.96. The molecule has 6 nitrogen and oxygen atoms in total. The van der Waals surface area contributed by atoms with Gasteiger partial charge in [-0.05, 0) is 19.3 Å². The Balaban J connectivity index is 1.77. The second kappa shape index (κ2) is 6.15. The summed E-state index contributed by atoms with van der Waals surface area (Å²) in [6.45, 7) is 1.63. The van der Waals surface area contributed by atoms with E-state index in [0.717, 1.165) is 25.9 Å². The average molecular weight is 257 g/mol. The summed E-state index contributed by atoms with van der Waals surface area (Å²) in [5, 5.41) is 8.45. The fourth-order valence-electron chi connectivity index (χ4n) is 2.15. The van der Waals surface area contributed by atoms with Gasteiger partial charge in [-0.3, -0.25) is 4.79 Å². The van der Waals surface area contributed by atoms with E-state index in [4.69, 9.17) is 14.6 Å². The normalized spacial score (nSPS) is 23.0. The van der Waals surface area contributed by atoms with Gasteiger partial charge in [-0.25, -0.2) is 4.79 Å². The van der Waals surface area contributed by atoms with Crippen LogP contribution >= 0.6 is 0 Å². The van der Waals surface area contributed by atoms with Crippen LogP contribution in [0.4, 0.5) is 0 Å². The Morgan fingerprint density at radius 1 is 1.28 bits per heavy atom. The van der Waals surface area contributed by atoms with E-state index in [0.29, 0.717) is 25.1 Å². The lowest BCUT2D eigenvalue weighted by atomic mass is 10.1. The van der Waals surface area contributed by atoms with Crippen LogP contribution in [0.15, 0.2) is 0 Å². The number of carbonyl (C=O) groups is 2. The first-order chi connectivity index (χ1) is 8.66. The number of ether oxygens (including phenoxy) is 2. The van der Waals surface area contributed by atoms with Gasteiger partial charge < -0.3 is 19.5 Å². The van der Waals surface area contributed by atoms with E-state index in [-0.39, 0.29) is 12.5 Å². The topological polar surface area (TPSA) is 76.1 Å². The van der Waals surface area contributed by atoms with Crippen LogP contribution < -0.4 is 0 Å². The van der Waals surface area contributed by atoms with Gasteiger partial charge in [0, 0.05) is 25.1 Å². The van der Waals surface area contributed by atoms with Crippen molar-refractivity contribution in [3.63, 3.8) is 0 Å². The van der Waals surface area contributed by atoms with Gasteiger partial charge >= 0.3 is 5.97 Å². The molecule has 2 rings (SSSR count). The van der Waals surface area contributed by atoms with E-state index in [1.165, 1.54) is 0 Å². The van der Waals surface area contributed by atoms with E-state index in [2.05, 4.69) is 0 Å². The molecule has 1 N–H and O–H groups in total. The van der Waals surface area contributed by atoms with Gasteiger partial charge in [-0.1, -0.05) is 0 Å². The lowest BCUT2D eigenvalue weighted by molar-refractivity contribution is -0.146. The molecule has 1 heterocycles. The van der Waals surface area contributed by atoms with Crippen LogP contribution in [0.1, 0.15) is 19.3 Å². The molecule has 1 aliphatic heterocycles. The van der Waals surface area contributed by atoms with Crippen molar-refractivity contribution < 1.29 is 24.2 Å². The smallest absolute Gasteiger partial charge is 0.329 e. The molecule has 0 radical (unpaired) electrons. The Hall–Kier alpha value is -1.14. The van der Waals surface area contributed by atoms with Crippen molar-refractivity contribution in [1.29, 1.82) is 0 Å². The Labute approximate surface area is 106 Å². The van der Waals surface area contributed by atoms with Crippen molar-refractivity contribution in [1.82, 2.24) is 4.90 Å². The predicted octanol–water partition coefficient (Wildman–Crippen LogP) is 0.115. The SMILES string of the molecule is O=C(O)COCC(=O)N(CC1CCOC1)C1CC1. The summed E-state index contributed by atoms with van der Waals surface area (Å²) in [4.78, 5) is 24.1. The highest BCUT2D eigenvalue weighted by molar-refractivity contribution is 5.78. The van der Waals surface area contributed by atoms with Gasteiger partial charge in [0.2, 0.25) is 5.91 Å². The Kier molecular flexibility index (Phi) is 4.54. The maximum Gasteiger partial charge on any atom is 0.329 e. The molecule has 1 saturated carbocycles. The standard InChI is InChI=1S/C12H19NO5/c14-11(7-18-8-12(15)16)13(10-1-2-10)5-9-3-4-17-6-9/h9-10H,1-8H2,(H,15,16). The lowest BCUT2D eigenvalue weighted by Crippen LogP contribution is -2.39. The van der Waals surface area contributed by atoms with Crippen molar-refractivity contribution in [3.05, 3.63) is 0 Å². The first kappa shape index (κ1) is 13.3. The zero-order chi connectivity index (χ0) is 13.0.